The monoisotopic (exact) mass is 236 g/mol. The van der Waals surface area contributed by atoms with Gasteiger partial charge in [-0.05, 0) is 25.5 Å². The number of ether oxygens (including phenoxy) is 1. The summed E-state index contributed by atoms with van der Waals surface area (Å²) in [6.07, 6.45) is 8.27. The summed E-state index contributed by atoms with van der Waals surface area (Å²) in [6, 6.07) is 0. The van der Waals surface area contributed by atoms with E-state index in [1.807, 2.05) is 6.08 Å². The van der Waals surface area contributed by atoms with Gasteiger partial charge in [0.15, 0.2) is 0 Å². The molecule has 2 rings (SSSR count). The first kappa shape index (κ1) is 12.2. The Kier molecular flexibility index (Phi) is 4.20. The lowest BCUT2D eigenvalue weighted by Gasteiger charge is -2.31. The van der Waals surface area contributed by atoms with Gasteiger partial charge >= 0.3 is 6.09 Å². The fraction of sp³-hybridized carbons (Fsp3) is 0.615. The van der Waals surface area contributed by atoms with Gasteiger partial charge in [-0.15, -0.1) is 0 Å². The maximum atomic E-state index is 11.8. The van der Waals surface area contributed by atoms with E-state index in [0.29, 0.717) is 6.61 Å². The fourth-order valence-electron chi connectivity index (χ4n) is 2.00. The van der Waals surface area contributed by atoms with Gasteiger partial charge in [-0.3, -0.25) is 0 Å². The summed E-state index contributed by atoms with van der Waals surface area (Å²) < 4.78 is 5.31. The van der Waals surface area contributed by atoms with Crippen molar-refractivity contribution in [2.45, 2.75) is 12.8 Å². The smallest absolute Gasteiger partial charge is 0.410 e. The van der Waals surface area contributed by atoms with Crippen LogP contribution in [0.1, 0.15) is 12.8 Å². The molecule has 0 aromatic rings. The number of hydrogen-bond donors (Lipinski definition) is 0. The molecule has 1 heterocycles. The second-order valence-corrected chi connectivity index (χ2v) is 4.60. The third-order valence-corrected chi connectivity index (χ3v) is 3.20. The van der Waals surface area contributed by atoms with Gasteiger partial charge in [0.2, 0.25) is 0 Å². The molecule has 1 fully saturated rings. The Morgan fingerprint density at radius 1 is 1.29 bits per heavy atom. The van der Waals surface area contributed by atoms with Crippen LogP contribution >= 0.6 is 0 Å². The van der Waals surface area contributed by atoms with Crippen molar-refractivity contribution in [2.24, 2.45) is 0 Å². The minimum Gasteiger partial charge on any atom is -0.445 e. The van der Waals surface area contributed by atoms with E-state index in [-0.39, 0.29) is 6.09 Å². The summed E-state index contributed by atoms with van der Waals surface area (Å²) in [4.78, 5) is 15.8. The third-order valence-electron chi connectivity index (χ3n) is 3.20. The van der Waals surface area contributed by atoms with Crippen LogP contribution in [-0.4, -0.2) is 55.7 Å². The van der Waals surface area contributed by atoms with E-state index < -0.39 is 0 Å². The van der Waals surface area contributed by atoms with Crippen molar-refractivity contribution in [3.63, 3.8) is 0 Å². The normalized spacial score (nSPS) is 21.2. The predicted molar refractivity (Wildman–Crippen MR) is 66.9 cm³/mol. The minimum atomic E-state index is -0.182. The molecule has 0 bridgehead atoms. The van der Waals surface area contributed by atoms with Crippen molar-refractivity contribution < 1.29 is 9.53 Å². The second kappa shape index (κ2) is 5.87. The summed E-state index contributed by atoms with van der Waals surface area (Å²) in [7, 11) is 2.07. The molecule has 1 aliphatic carbocycles. The number of nitrogens with zero attached hydrogens (tertiary/aromatic N) is 2. The number of piperazine rings is 1. The highest BCUT2D eigenvalue weighted by Crippen LogP contribution is 2.10. The molecule has 0 aromatic heterocycles. The van der Waals surface area contributed by atoms with Crippen LogP contribution < -0.4 is 0 Å². The Morgan fingerprint density at radius 3 is 2.71 bits per heavy atom. The van der Waals surface area contributed by atoms with E-state index in [2.05, 4.69) is 24.1 Å². The Morgan fingerprint density at radius 2 is 2.06 bits per heavy atom. The lowest BCUT2D eigenvalue weighted by Crippen LogP contribution is -2.47. The van der Waals surface area contributed by atoms with Crippen molar-refractivity contribution >= 4 is 6.09 Å². The number of likely N-dealkylation sites (N-methyl/N-ethyl adjacent to an activating group) is 1. The van der Waals surface area contributed by atoms with Crippen molar-refractivity contribution in [1.82, 2.24) is 9.80 Å². The Bertz CT molecular complexity index is 328. The van der Waals surface area contributed by atoms with Gasteiger partial charge in [-0.1, -0.05) is 18.2 Å². The van der Waals surface area contributed by atoms with Crippen LogP contribution in [-0.2, 0) is 4.74 Å². The summed E-state index contributed by atoms with van der Waals surface area (Å²) in [5.74, 6) is 0. The maximum Gasteiger partial charge on any atom is 0.410 e. The van der Waals surface area contributed by atoms with Crippen LogP contribution in [0.2, 0.25) is 0 Å². The van der Waals surface area contributed by atoms with Gasteiger partial charge in [0.05, 0.1) is 0 Å². The van der Waals surface area contributed by atoms with E-state index in [4.69, 9.17) is 4.74 Å². The molecule has 0 spiro atoms. The SMILES string of the molecule is CN1CCN(C(=O)OCC2=CCCC=C2)CC1. The van der Waals surface area contributed by atoms with Gasteiger partial charge in [0.1, 0.15) is 6.61 Å². The zero-order valence-corrected chi connectivity index (χ0v) is 10.4. The average molecular weight is 236 g/mol. The summed E-state index contributed by atoms with van der Waals surface area (Å²) in [5, 5.41) is 0. The predicted octanol–water partition coefficient (Wildman–Crippen LogP) is 1.65. The second-order valence-electron chi connectivity index (χ2n) is 4.60. The Balaban J connectivity index is 1.73. The minimum absolute atomic E-state index is 0.182. The van der Waals surface area contributed by atoms with Crippen LogP contribution in [0.5, 0.6) is 0 Å². The highest BCUT2D eigenvalue weighted by atomic mass is 16.6. The first-order valence-corrected chi connectivity index (χ1v) is 6.21. The highest BCUT2D eigenvalue weighted by molar-refractivity contribution is 5.68. The van der Waals surface area contributed by atoms with E-state index in [1.165, 1.54) is 0 Å². The molecule has 1 saturated heterocycles. The molecule has 4 nitrogen and oxygen atoms in total. The van der Waals surface area contributed by atoms with Crippen molar-refractivity contribution in [3.05, 3.63) is 23.8 Å². The van der Waals surface area contributed by atoms with E-state index in [9.17, 15) is 4.79 Å². The first-order chi connectivity index (χ1) is 8.25. The average Bonchev–Trinajstić information content (AvgIpc) is 2.38. The number of allylic oxidation sites excluding steroid dienone is 2. The van der Waals surface area contributed by atoms with Crippen LogP contribution in [0.15, 0.2) is 23.8 Å². The molecule has 0 N–H and O–H groups in total. The molecular weight excluding hydrogens is 216 g/mol. The molecule has 0 saturated carbocycles. The van der Waals surface area contributed by atoms with Gasteiger partial charge in [0.25, 0.3) is 0 Å². The molecule has 94 valence electrons. The van der Waals surface area contributed by atoms with Gasteiger partial charge in [-0.2, -0.15) is 0 Å². The van der Waals surface area contributed by atoms with Crippen molar-refractivity contribution in [3.8, 4) is 0 Å². The van der Waals surface area contributed by atoms with Crippen molar-refractivity contribution in [2.75, 3.05) is 39.8 Å². The molecule has 2 aliphatic rings. The molecule has 0 unspecified atom stereocenters. The van der Waals surface area contributed by atoms with E-state index in [0.717, 1.165) is 44.6 Å². The zero-order chi connectivity index (χ0) is 12.1. The molecule has 1 aliphatic heterocycles. The van der Waals surface area contributed by atoms with E-state index >= 15 is 0 Å². The number of hydrogen-bond acceptors (Lipinski definition) is 3. The molecule has 4 heteroatoms. The molecule has 0 radical (unpaired) electrons. The lowest BCUT2D eigenvalue weighted by molar-refractivity contribution is 0.0884. The van der Waals surface area contributed by atoms with E-state index in [1.54, 1.807) is 4.90 Å². The standard InChI is InChI=1S/C13H20N2O2/c1-14-7-9-15(10-8-14)13(16)17-11-12-5-3-2-4-6-12/h3,5-6H,2,4,7-11H2,1H3. The lowest BCUT2D eigenvalue weighted by atomic mass is 10.1. The van der Waals surface area contributed by atoms with Gasteiger partial charge < -0.3 is 14.5 Å². The molecule has 0 aromatic carbocycles. The third kappa shape index (κ3) is 3.60. The summed E-state index contributed by atoms with van der Waals surface area (Å²) in [5.41, 5.74) is 1.11. The quantitative estimate of drug-likeness (QED) is 0.731. The first-order valence-electron chi connectivity index (χ1n) is 6.21. The maximum absolute atomic E-state index is 11.8. The van der Waals surface area contributed by atoms with Gasteiger partial charge in [-0.25, -0.2) is 4.79 Å². The number of rotatable bonds is 2. The molecule has 1 amide bonds. The van der Waals surface area contributed by atoms with Crippen molar-refractivity contribution in [1.29, 1.82) is 0 Å². The molecule has 17 heavy (non-hydrogen) atoms. The van der Waals surface area contributed by atoms with Gasteiger partial charge in [0, 0.05) is 26.2 Å². The largest absolute Gasteiger partial charge is 0.445 e. The van der Waals surface area contributed by atoms with Crippen LogP contribution in [0, 0.1) is 0 Å². The number of amides is 1. The fourth-order valence-corrected chi connectivity index (χ4v) is 2.00. The summed E-state index contributed by atoms with van der Waals surface area (Å²) in [6.45, 7) is 3.80. The highest BCUT2D eigenvalue weighted by Gasteiger charge is 2.20. The number of carbonyl (C=O) groups excluding carboxylic acids is 1. The topological polar surface area (TPSA) is 32.8 Å². The van der Waals surface area contributed by atoms with Crippen LogP contribution in [0.3, 0.4) is 0 Å². The zero-order valence-electron chi connectivity index (χ0n) is 10.4. The van der Waals surface area contributed by atoms with Crippen LogP contribution in [0.4, 0.5) is 4.79 Å². The molecular formula is C13H20N2O2. The summed E-state index contributed by atoms with van der Waals surface area (Å²) >= 11 is 0. The van der Waals surface area contributed by atoms with Crippen LogP contribution in [0.25, 0.3) is 0 Å². The molecule has 0 atom stereocenters. The Labute approximate surface area is 103 Å². The number of carbonyl (C=O) groups is 1. The Hall–Kier alpha value is -1.29.